The second-order valence-electron chi connectivity index (χ2n) is 7.10. The molecule has 5 nitrogen and oxygen atoms in total. The number of hydrogen-bond donors (Lipinski definition) is 1. The van der Waals surface area contributed by atoms with E-state index in [4.69, 9.17) is 9.47 Å². The molecule has 2 aromatic carbocycles. The number of nitrogens with zero attached hydrogens (tertiary/aromatic N) is 1. The summed E-state index contributed by atoms with van der Waals surface area (Å²) < 4.78 is 11.2. The summed E-state index contributed by atoms with van der Waals surface area (Å²) in [5.41, 5.74) is 1.98. The first-order valence-electron chi connectivity index (χ1n) is 9.27. The number of carbonyl (C=O) groups is 1. The topological polar surface area (TPSA) is 50.8 Å². The van der Waals surface area contributed by atoms with Crippen LogP contribution in [0.2, 0.25) is 0 Å². The van der Waals surface area contributed by atoms with Crippen LogP contribution in [0.5, 0.6) is 11.5 Å². The molecule has 0 bridgehead atoms. The maximum Gasteiger partial charge on any atom is 0.239 e. The summed E-state index contributed by atoms with van der Waals surface area (Å²) in [5.74, 6) is 1.80. The molecule has 0 aromatic heterocycles. The van der Waals surface area contributed by atoms with Crippen molar-refractivity contribution < 1.29 is 14.3 Å². The van der Waals surface area contributed by atoms with Crippen molar-refractivity contribution in [1.82, 2.24) is 5.32 Å². The van der Waals surface area contributed by atoms with E-state index in [1.807, 2.05) is 67.4 Å². The Balaban J connectivity index is 1.98. The summed E-state index contributed by atoms with van der Waals surface area (Å²) in [4.78, 5) is 14.3. The molecule has 0 aliphatic rings. The van der Waals surface area contributed by atoms with Crippen LogP contribution < -0.4 is 19.7 Å². The monoisotopic (exact) mass is 370 g/mol. The minimum absolute atomic E-state index is 0.0343. The van der Waals surface area contributed by atoms with Crippen molar-refractivity contribution in [2.45, 2.75) is 26.8 Å². The summed E-state index contributed by atoms with van der Waals surface area (Å²) in [5, 5.41) is 3.04. The van der Waals surface area contributed by atoms with Gasteiger partial charge >= 0.3 is 0 Å². The first kappa shape index (κ1) is 20.6. The largest absolute Gasteiger partial charge is 0.493 e. The zero-order chi connectivity index (χ0) is 19.8. The number of hydrogen-bond acceptors (Lipinski definition) is 4. The molecule has 27 heavy (non-hydrogen) atoms. The van der Waals surface area contributed by atoms with Crippen molar-refractivity contribution in [2.24, 2.45) is 5.92 Å². The van der Waals surface area contributed by atoms with Gasteiger partial charge in [-0.2, -0.15) is 0 Å². The number of methoxy groups -OCH3 is 1. The number of rotatable bonds is 9. The van der Waals surface area contributed by atoms with Crippen LogP contribution in [-0.4, -0.2) is 33.2 Å². The molecular weight excluding hydrogens is 340 g/mol. The van der Waals surface area contributed by atoms with E-state index in [1.165, 1.54) is 0 Å². The molecule has 0 saturated heterocycles. The minimum atomic E-state index is -0.130. The van der Waals surface area contributed by atoms with E-state index in [1.54, 1.807) is 7.11 Å². The van der Waals surface area contributed by atoms with Gasteiger partial charge in [0.05, 0.1) is 26.3 Å². The van der Waals surface area contributed by atoms with Gasteiger partial charge in [-0.05, 0) is 42.7 Å². The molecule has 2 rings (SSSR count). The van der Waals surface area contributed by atoms with E-state index in [-0.39, 0.29) is 11.9 Å². The number of benzene rings is 2. The Labute approximate surface area is 162 Å². The van der Waals surface area contributed by atoms with Gasteiger partial charge in [0.15, 0.2) is 11.5 Å². The molecule has 0 saturated carbocycles. The Morgan fingerprint density at radius 1 is 1.07 bits per heavy atom. The highest BCUT2D eigenvalue weighted by Gasteiger charge is 2.14. The third-order valence-electron chi connectivity index (χ3n) is 4.22. The number of likely N-dealkylation sites (N-methyl/N-ethyl adjacent to an activating group) is 1. The van der Waals surface area contributed by atoms with Crippen molar-refractivity contribution in [1.29, 1.82) is 0 Å². The first-order chi connectivity index (χ1) is 12.9. The average Bonchev–Trinajstić information content (AvgIpc) is 2.66. The van der Waals surface area contributed by atoms with E-state index in [9.17, 15) is 4.79 Å². The highest BCUT2D eigenvalue weighted by Crippen LogP contribution is 2.30. The van der Waals surface area contributed by atoms with Gasteiger partial charge in [0.25, 0.3) is 0 Å². The predicted octanol–water partition coefficient (Wildman–Crippen LogP) is 4.04. The highest BCUT2D eigenvalue weighted by molar-refractivity contribution is 5.81. The van der Waals surface area contributed by atoms with E-state index < -0.39 is 0 Å². The van der Waals surface area contributed by atoms with Gasteiger partial charge in [-0.25, -0.2) is 0 Å². The smallest absolute Gasteiger partial charge is 0.239 e. The summed E-state index contributed by atoms with van der Waals surface area (Å²) in [6.45, 7) is 7.09. The Kier molecular flexibility index (Phi) is 7.53. The minimum Gasteiger partial charge on any atom is -0.493 e. The lowest BCUT2D eigenvalue weighted by atomic mass is 10.1. The number of nitrogens with one attached hydrogen (secondary N) is 1. The molecule has 0 radical (unpaired) electrons. The van der Waals surface area contributed by atoms with Crippen LogP contribution in [0.3, 0.4) is 0 Å². The first-order valence-corrected chi connectivity index (χ1v) is 9.27. The zero-order valence-electron chi connectivity index (χ0n) is 16.9. The van der Waals surface area contributed by atoms with Crippen LogP contribution in [-0.2, 0) is 4.79 Å². The van der Waals surface area contributed by atoms with Crippen LogP contribution in [0, 0.1) is 5.92 Å². The standard InChI is InChI=1S/C22H30N2O3/c1-16(2)15-27-20-12-11-18(13-21(20)26-5)17(3)23-22(25)14-24(4)19-9-7-6-8-10-19/h6-13,16-17H,14-15H2,1-5H3,(H,23,25). The van der Waals surface area contributed by atoms with Gasteiger partial charge in [-0.3, -0.25) is 4.79 Å². The van der Waals surface area contributed by atoms with Crippen molar-refractivity contribution in [3.63, 3.8) is 0 Å². The molecule has 0 aliphatic carbocycles. The molecule has 1 atom stereocenters. The van der Waals surface area contributed by atoms with E-state index in [0.717, 1.165) is 17.0 Å². The van der Waals surface area contributed by atoms with Crippen LogP contribution in [0.25, 0.3) is 0 Å². The Bertz CT molecular complexity index is 732. The fraction of sp³-hybridized carbons (Fsp3) is 0.409. The van der Waals surface area contributed by atoms with Crippen molar-refractivity contribution in [3.05, 3.63) is 54.1 Å². The van der Waals surface area contributed by atoms with Crippen LogP contribution in [0.15, 0.2) is 48.5 Å². The second-order valence-corrected chi connectivity index (χ2v) is 7.10. The summed E-state index contributed by atoms with van der Waals surface area (Å²) >= 11 is 0. The van der Waals surface area contributed by atoms with E-state index in [2.05, 4.69) is 19.2 Å². The second kappa shape index (κ2) is 9.86. The molecule has 1 unspecified atom stereocenters. The third kappa shape index (κ3) is 6.20. The fourth-order valence-electron chi connectivity index (χ4n) is 2.69. The lowest BCUT2D eigenvalue weighted by Gasteiger charge is -2.21. The lowest BCUT2D eigenvalue weighted by Crippen LogP contribution is -2.36. The van der Waals surface area contributed by atoms with Gasteiger partial charge in [0, 0.05) is 12.7 Å². The molecule has 0 fully saturated rings. The van der Waals surface area contributed by atoms with Gasteiger partial charge in [0.1, 0.15) is 0 Å². The van der Waals surface area contributed by atoms with Crippen LogP contribution in [0.1, 0.15) is 32.4 Å². The van der Waals surface area contributed by atoms with Gasteiger partial charge in [-0.15, -0.1) is 0 Å². The summed E-state index contributed by atoms with van der Waals surface area (Å²) in [6.07, 6.45) is 0. The quantitative estimate of drug-likeness (QED) is 0.724. The number of amides is 1. The fourth-order valence-corrected chi connectivity index (χ4v) is 2.69. The SMILES string of the molecule is COc1cc(C(C)NC(=O)CN(C)c2ccccc2)ccc1OCC(C)C. The molecule has 146 valence electrons. The number of carbonyl (C=O) groups excluding carboxylic acids is 1. The third-order valence-corrected chi connectivity index (χ3v) is 4.22. The normalized spacial score (nSPS) is 11.8. The van der Waals surface area contributed by atoms with Crippen LogP contribution >= 0.6 is 0 Å². The molecular formula is C22H30N2O3. The highest BCUT2D eigenvalue weighted by atomic mass is 16.5. The molecule has 0 aliphatic heterocycles. The average molecular weight is 370 g/mol. The summed E-state index contributed by atoms with van der Waals surface area (Å²) in [6, 6.07) is 15.5. The summed E-state index contributed by atoms with van der Waals surface area (Å²) in [7, 11) is 3.53. The zero-order valence-corrected chi connectivity index (χ0v) is 16.9. The van der Waals surface area contributed by atoms with Crippen LogP contribution in [0.4, 0.5) is 5.69 Å². The molecule has 1 N–H and O–H groups in total. The van der Waals surface area contributed by atoms with Gasteiger partial charge in [0.2, 0.25) is 5.91 Å². The Morgan fingerprint density at radius 2 is 1.78 bits per heavy atom. The number of ether oxygens (including phenoxy) is 2. The molecule has 0 heterocycles. The molecule has 1 amide bonds. The van der Waals surface area contributed by atoms with Gasteiger partial charge in [-0.1, -0.05) is 38.1 Å². The maximum atomic E-state index is 12.4. The van der Waals surface area contributed by atoms with E-state index >= 15 is 0 Å². The van der Waals surface area contributed by atoms with E-state index in [0.29, 0.717) is 24.8 Å². The predicted molar refractivity (Wildman–Crippen MR) is 110 cm³/mol. The van der Waals surface area contributed by atoms with Crippen molar-refractivity contribution >= 4 is 11.6 Å². The van der Waals surface area contributed by atoms with Crippen molar-refractivity contribution in [3.8, 4) is 11.5 Å². The van der Waals surface area contributed by atoms with Crippen molar-refractivity contribution in [2.75, 3.05) is 32.2 Å². The Morgan fingerprint density at radius 3 is 2.41 bits per heavy atom. The maximum absolute atomic E-state index is 12.4. The lowest BCUT2D eigenvalue weighted by molar-refractivity contribution is -0.120. The van der Waals surface area contributed by atoms with Gasteiger partial charge < -0.3 is 19.7 Å². The molecule has 2 aromatic rings. The Hall–Kier alpha value is -2.69. The number of para-hydroxylation sites is 1. The molecule has 5 heteroatoms. The molecule has 0 spiro atoms. The number of anilines is 1.